The Morgan fingerprint density at radius 2 is 1.35 bits per heavy atom. The Hall–Kier alpha value is -1.36. The SMILES string of the molecule is CCC[N+](CC)(CCC)CCC.O=C([O-])/C=C\C(=O)O. The van der Waals surface area contributed by atoms with Gasteiger partial charge in [0.2, 0.25) is 0 Å². The van der Waals surface area contributed by atoms with Gasteiger partial charge in [0.15, 0.2) is 0 Å². The lowest BCUT2D eigenvalue weighted by Gasteiger charge is -2.37. The van der Waals surface area contributed by atoms with Crippen LogP contribution in [0.15, 0.2) is 12.2 Å². The molecular weight excluding hydrogens is 258 g/mol. The Balaban J connectivity index is 0. The van der Waals surface area contributed by atoms with Crippen LogP contribution in [0.1, 0.15) is 47.0 Å². The lowest BCUT2D eigenvalue weighted by atomic mass is 10.2. The van der Waals surface area contributed by atoms with Crippen LogP contribution in [0.5, 0.6) is 0 Å². The van der Waals surface area contributed by atoms with Crippen LogP contribution in [0.3, 0.4) is 0 Å². The van der Waals surface area contributed by atoms with E-state index in [-0.39, 0.29) is 0 Å². The first-order chi connectivity index (χ1) is 9.37. The molecule has 0 saturated heterocycles. The molecule has 0 aliphatic rings. The summed E-state index contributed by atoms with van der Waals surface area (Å²) < 4.78 is 1.35. The summed E-state index contributed by atoms with van der Waals surface area (Å²) in [7, 11) is 0. The molecular formula is C15H29NO4. The van der Waals surface area contributed by atoms with Gasteiger partial charge in [-0.25, -0.2) is 4.79 Å². The monoisotopic (exact) mass is 287 g/mol. The van der Waals surface area contributed by atoms with Crippen LogP contribution in [-0.4, -0.2) is 47.7 Å². The first kappa shape index (κ1) is 20.9. The average molecular weight is 287 g/mol. The predicted octanol–water partition coefficient (Wildman–Crippen LogP) is 1.43. The summed E-state index contributed by atoms with van der Waals surface area (Å²) in [6.45, 7) is 14.7. The molecule has 0 spiro atoms. The van der Waals surface area contributed by atoms with Gasteiger partial charge in [0.05, 0.1) is 32.1 Å². The summed E-state index contributed by atoms with van der Waals surface area (Å²) in [5, 5.41) is 17.2. The fourth-order valence-electron chi connectivity index (χ4n) is 2.37. The van der Waals surface area contributed by atoms with E-state index in [2.05, 4.69) is 27.7 Å². The van der Waals surface area contributed by atoms with E-state index in [0.29, 0.717) is 12.2 Å². The van der Waals surface area contributed by atoms with Crippen molar-refractivity contribution in [2.45, 2.75) is 47.0 Å². The van der Waals surface area contributed by atoms with Gasteiger partial charge in [-0.1, -0.05) is 20.8 Å². The van der Waals surface area contributed by atoms with Crippen LogP contribution in [0.2, 0.25) is 0 Å². The number of carboxylic acid groups (broad SMARTS) is 2. The van der Waals surface area contributed by atoms with Crippen molar-refractivity contribution in [1.29, 1.82) is 0 Å². The molecule has 0 aromatic rings. The van der Waals surface area contributed by atoms with Crippen LogP contribution in [0.25, 0.3) is 0 Å². The largest absolute Gasteiger partial charge is 0.545 e. The fourth-order valence-corrected chi connectivity index (χ4v) is 2.37. The lowest BCUT2D eigenvalue weighted by molar-refractivity contribution is -0.926. The molecule has 0 amide bonds. The van der Waals surface area contributed by atoms with Gasteiger partial charge in [0.25, 0.3) is 0 Å². The highest BCUT2D eigenvalue weighted by molar-refractivity contribution is 5.88. The third kappa shape index (κ3) is 11.7. The van der Waals surface area contributed by atoms with E-state index in [1.807, 2.05) is 0 Å². The minimum absolute atomic E-state index is 0.447. The Kier molecular flexibility index (Phi) is 13.3. The summed E-state index contributed by atoms with van der Waals surface area (Å²) in [5.41, 5.74) is 0. The molecule has 0 aliphatic carbocycles. The molecule has 1 N–H and O–H groups in total. The minimum atomic E-state index is -1.51. The van der Waals surface area contributed by atoms with Gasteiger partial charge >= 0.3 is 5.97 Å². The Morgan fingerprint density at radius 1 is 0.950 bits per heavy atom. The van der Waals surface area contributed by atoms with E-state index in [0.717, 1.165) is 0 Å². The van der Waals surface area contributed by atoms with Crippen molar-refractivity contribution in [3.05, 3.63) is 12.2 Å². The number of rotatable bonds is 9. The quantitative estimate of drug-likeness (QED) is 0.514. The first-order valence-electron chi connectivity index (χ1n) is 7.34. The Morgan fingerprint density at radius 3 is 1.50 bits per heavy atom. The summed E-state index contributed by atoms with van der Waals surface area (Å²) in [4.78, 5) is 19.0. The van der Waals surface area contributed by atoms with Gasteiger partial charge < -0.3 is 19.5 Å². The molecule has 5 nitrogen and oxygen atoms in total. The molecule has 0 fully saturated rings. The highest BCUT2D eigenvalue weighted by Gasteiger charge is 2.21. The maximum Gasteiger partial charge on any atom is 0.328 e. The van der Waals surface area contributed by atoms with Gasteiger partial charge in [-0.05, 0) is 32.3 Å². The standard InChI is InChI=1S/C11H26N.C4H4O4/c1-5-9-12(8-4,10-6-2)11-7-3;5-3(6)1-2-4(7)8/h5-11H2,1-4H3;1-2H,(H,5,6)(H,7,8)/q+1;/p-1/b;2-1-. The molecule has 0 heterocycles. The molecule has 20 heavy (non-hydrogen) atoms. The number of quaternary nitrogens is 1. The van der Waals surface area contributed by atoms with E-state index < -0.39 is 11.9 Å². The maximum absolute atomic E-state index is 9.53. The highest BCUT2D eigenvalue weighted by atomic mass is 16.4. The van der Waals surface area contributed by atoms with E-state index in [1.54, 1.807) is 0 Å². The van der Waals surface area contributed by atoms with Gasteiger partial charge in [-0.2, -0.15) is 0 Å². The number of aliphatic carboxylic acids is 2. The zero-order valence-corrected chi connectivity index (χ0v) is 13.2. The third-order valence-corrected chi connectivity index (χ3v) is 3.13. The van der Waals surface area contributed by atoms with Crippen LogP contribution in [0.4, 0.5) is 0 Å². The maximum atomic E-state index is 9.53. The third-order valence-electron chi connectivity index (χ3n) is 3.13. The summed E-state index contributed by atoms with van der Waals surface area (Å²) in [5.74, 6) is -2.80. The van der Waals surface area contributed by atoms with E-state index >= 15 is 0 Å². The van der Waals surface area contributed by atoms with Crippen molar-refractivity contribution < 1.29 is 24.3 Å². The van der Waals surface area contributed by atoms with Crippen molar-refractivity contribution in [2.24, 2.45) is 0 Å². The molecule has 0 saturated carbocycles. The molecule has 0 aromatic carbocycles. The van der Waals surface area contributed by atoms with Gasteiger partial charge in [0, 0.05) is 6.08 Å². The number of hydrogen-bond acceptors (Lipinski definition) is 3. The van der Waals surface area contributed by atoms with Crippen LogP contribution in [0, 0.1) is 0 Å². The van der Waals surface area contributed by atoms with E-state index in [4.69, 9.17) is 5.11 Å². The van der Waals surface area contributed by atoms with Crippen LogP contribution < -0.4 is 5.11 Å². The number of carboxylic acids is 2. The summed E-state index contributed by atoms with van der Waals surface area (Å²) >= 11 is 0. The number of carbonyl (C=O) groups excluding carboxylic acids is 1. The fraction of sp³-hybridized carbons (Fsp3) is 0.733. The smallest absolute Gasteiger partial charge is 0.328 e. The second-order valence-corrected chi connectivity index (χ2v) is 4.82. The molecule has 0 unspecified atom stereocenters. The number of carbonyl (C=O) groups is 2. The zero-order chi connectivity index (χ0) is 16.0. The lowest BCUT2D eigenvalue weighted by Crippen LogP contribution is -2.49. The molecule has 118 valence electrons. The molecule has 0 atom stereocenters. The second kappa shape index (κ2) is 12.7. The van der Waals surface area contributed by atoms with Gasteiger partial charge in [0.1, 0.15) is 0 Å². The van der Waals surface area contributed by atoms with Gasteiger partial charge in [-0.3, -0.25) is 0 Å². The van der Waals surface area contributed by atoms with Gasteiger partial charge in [-0.15, -0.1) is 0 Å². The molecule has 0 rings (SSSR count). The molecule has 5 heteroatoms. The highest BCUT2D eigenvalue weighted by Crippen LogP contribution is 2.10. The minimum Gasteiger partial charge on any atom is -0.545 e. The topological polar surface area (TPSA) is 77.4 Å². The molecule has 0 bridgehead atoms. The molecule has 0 aliphatic heterocycles. The normalized spacial score (nSPS) is 11.0. The van der Waals surface area contributed by atoms with E-state index in [1.165, 1.54) is 49.9 Å². The average Bonchev–Trinajstić information content (AvgIpc) is 2.38. The van der Waals surface area contributed by atoms with E-state index in [9.17, 15) is 14.7 Å². The molecule has 0 radical (unpaired) electrons. The number of nitrogens with zero attached hydrogens (tertiary/aromatic N) is 1. The summed E-state index contributed by atoms with van der Waals surface area (Å²) in [6.07, 6.45) is 4.92. The predicted molar refractivity (Wildman–Crippen MR) is 78.1 cm³/mol. The Bertz CT molecular complexity index is 267. The van der Waals surface area contributed by atoms with Crippen molar-refractivity contribution in [3.63, 3.8) is 0 Å². The van der Waals surface area contributed by atoms with Crippen molar-refractivity contribution in [1.82, 2.24) is 0 Å². The summed E-state index contributed by atoms with van der Waals surface area (Å²) in [6, 6.07) is 0. The Labute approximate surface area is 122 Å². The van der Waals surface area contributed by atoms with Crippen molar-refractivity contribution in [2.75, 3.05) is 26.2 Å². The van der Waals surface area contributed by atoms with Crippen LogP contribution >= 0.6 is 0 Å². The first-order valence-corrected chi connectivity index (χ1v) is 7.34. The second-order valence-electron chi connectivity index (χ2n) is 4.82. The molecule has 0 aromatic heterocycles. The van der Waals surface area contributed by atoms with Crippen molar-refractivity contribution >= 4 is 11.9 Å². The zero-order valence-electron chi connectivity index (χ0n) is 13.2. The number of hydrogen-bond donors (Lipinski definition) is 1. The van der Waals surface area contributed by atoms with Crippen LogP contribution in [-0.2, 0) is 9.59 Å². The van der Waals surface area contributed by atoms with Crippen molar-refractivity contribution in [3.8, 4) is 0 Å².